The van der Waals surface area contributed by atoms with Crippen LogP contribution in [0, 0.1) is 0 Å². The molecule has 3 rings (SSSR count). The van der Waals surface area contributed by atoms with Gasteiger partial charge in [-0.15, -0.1) is 5.10 Å². The van der Waals surface area contributed by atoms with Crippen LogP contribution in [0.2, 0.25) is 0 Å². The number of hydrogen-bond donors (Lipinski definition) is 0. The highest BCUT2D eigenvalue weighted by atomic mass is 19.4. The average molecular weight is 380 g/mol. The molecule has 0 spiro atoms. The first-order chi connectivity index (χ1) is 13.4. The second-order valence-electron chi connectivity index (χ2n) is 5.88. The Bertz CT molecular complexity index is 1010. The van der Waals surface area contributed by atoms with Gasteiger partial charge < -0.3 is 0 Å². The summed E-state index contributed by atoms with van der Waals surface area (Å²) in [5.41, 5.74) is 0.578. The minimum Gasteiger partial charge on any atom is -0.287 e. The van der Waals surface area contributed by atoms with Gasteiger partial charge in [-0.3, -0.25) is 4.79 Å². The summed E-state index contributed by atoms with van der Waals surface area (Å²) in [5.74, 6) is -0.326. The van der Waals surface area contributed by atoms with Crippen LogP contribution in [0.4, 0.5) is 13.2 Å². The van der Waals surface area contributed by atoms with Gasteiger partial charge >= 0.3 is 6.18 Å². The third-order valence-electron chi connectivity index (χ3n) is 3.88. The SMILES string of the molecule is O=C(/C(=N\N=C/c1cccc(C(F)(F)F)c1)c1ccccc1)c1ccccc1. The number of alkyl halides is 3. The molecule has 0 aromatic heterocycles. The Morgan fingerprint density at radius 1 is 0.786 bits per heavy atom. The summed E-state index contributed by atoms with van der Waals surface area (Å²) in [4.78, 5) is 12.8. The fourth-order valence-corrected chi connectivity index (χ4v) is 2.51. The lowest BCUT2D eigenvalue weighted by Crippen LogP contribution is -2.15. The highest BCUT2D eigenvalue weighted by molar-refractivity contribution is 6.51. The van der Waals surface area contributed by atoms with E-state index in [1.54, 1.807) is 60.7 Å². The molecule has 0 heterocycles. The maximum atomic E-state index is 12.8. The van der Waals surface area contributed by atoms with Crippen LogP contribution >= 0.6 is 0 Å². The third kappa shape index (κ3) is 4.79. The monoisotopic (exact) mass is 380 g/mol. The Balaban J connectivity index is 1.94. The van der Waals surface area contributed by atoms with Crippen molar-refractivity contribution in [3.8, 4) is 0 Å². The number of carbonyl (C=O) groups excluding carboxylic acids is 1. The maximum Gasteiger partial charge on any atom is 0.416 e. The van der Waals surface area contributed by atoms with Crippen LogP contribution in [0.15, 0.2) is 95.1 Å². The second-order valence-corrected chi connectivity index (χ2v) is 5.88. The highest BCUT2D eigenvalue weighted by Crippen LogP contribution is 2.29. The first-order valence-corrected chi connectivity index (χ1v) is 8.38. The van der Waals surface area contributed by atoms with Crippen LogP contribution in [0.5, 0.6) is 0 Å². The van der Waals surface area contributed by atoms with Crippen LogP contribution in [-0.4, -0.2) is 17.7 Å². The summed E-state index contributed by atoms with van der Waals surface area (Å²) in [7, 11) is 0. The number of nitrogens with zero attached hydrogens (tertiary/aromatic N) is 2. The summed E-state index contributed by atoms with van der Waals surface area (Å²) in [6.07, 6.45) is -3.25. The molecule has 0 saturated heterocycles. The molecule has 0 unspecified atom stereocenters. The average Bonchev–Trinajstić information content (AvgIpc) is 2.72. The molecule has 0 radical (unpaired) electrons. The summed E-state index contributed by atoms with van der Waals surface area (Å²) >= 11 is 0. The van der Waals surface area contributed by atoms with E-state index in [9.17, 15) is 18.0 Å². The van der Waals surface area contributed by atoms with Gasteiger partial charge in [0.2, 0.25) is 5.78 Å². The fraction of sp³-hybridized carbons (Fsp3) is 0.0455. The molecule has 28 heavy (non-hydrogen) atoms. The van der Waals surface area contributed by atoms with E-state index in [0.717, 1.165) is 12.1 Å². The van der Waals surface area contributed by atoms with E-state index in [2.05, 4.69) is 10.2 Å². The molecule has 3 aromatic rings. The second kappa shape index (κ2) is 8.43. The number of benzene rings is 3. The quantitative estimate of drug-likeness (QED) is 0.331. The lowest BCUT2D eigenvalue weighted by atomic mass is 10.0. The maximum absolute atomic E-state index is 12.8. The smallest absolute Gasteiger partial charge is 0.287 e. The van der Waals surface area contributed by atoms with Gasteiger partial charge in [-0.05, 0) is 17.7 Å². The van der Waals surface area contributed by atoms with Crippen molar-refractivity contribution in [3.63, 3.8) is 0 Å². The predicted octanol–water partition coefficient (Wildman–Crippen LogP) is 5.41. The molecule has 0 N–H and O–H groups in total. The van der Waals surface area contributed by atoms with E-state index in [-0.39, 0.29) is 17.1 Å². The number of hydrogen-bond acceptors (Lipinski definition) is 3. The molecule has 140 valence electrons. The van der Waals surface area contributed by atoms with E-state index in [4.69, 9.17) is 0 Å². The van der Waals surface area contributed by atoms with E-state index < -0.39 is 11.7 Å². The molecule has 0 saturated carbocycles. The van der Waals surface area contributed by atoms with Crippen molar-refractivity contribution in [2.75, 3.05) is 0 Å². The van der Waals surface area contributed by atoms with Crippen LogP contribution in [0.3, 0.4) is 0 Å². The molecule has 0 atom stereocenters. The van der Waals surface area contributed by atoms with E-state index >= 15 is 0 Å². The molecule has 6 heteroatoms. The Kier molecular flexibility index (Phi) is 5.79. The van der Waals surface area contributed by atoms with Gasteiger partial charge in [-0.2, -0.15) is 18.3 Å². The minimum atomic E-state index is -4.44. The summed E-state index contributed by atoms with van der Waals surface area (Å²) in [6.45, 7) is 0. The first-order valence-electron chi connectivity index (χ1n) is 8.38. The minimum absolute atomic E-state index is 0.107. The first kappa shape index (κ1) is 19.2. The van der Waals surface area contributed by atoms with Crippen LogP contribution < -0.4 is 0 Å². The van der Waals surface area contributed by atoms with Gasteiger partial charge in [-0.1, -0.05) is 72.8 Å². The van der Waals surface area contributed by atoms with Gasteiger partial charge in [0.25, 0.3) is 0 Å². The molecule has 3 nitrogen and oxygen atoms in total. The molecule has 0 amide bonds. The molecular weight excluding hydrogens is 365 g/mol. The zero-order valence-electron chi connectivity index (χ0n) is 14.6. The summed E-state index contributed by atoms with van der Waals surface area (Å²) in [6, 6.07) is 22.1. The van der Waals surface area contributed by atoms with Crippen molar-refractivity contribution in [2.45, 2.75) is 6.18 Å². The van der Waals surface area contributed by atoms with Crippen molar-refractivity contribution in [1.82, 2.24) is 0 Å². The lowest BCUT2D eigenvalue weighted by molar-refractivity contribution is -0.137. The largest absolute Gasteiger partial charge is 0.416 e. The molecule has 0 aliphatic rings. The van der Waals surface area contributed by atoms with E-state index in [0.29, 0.717) is 11.1 Å². The fourth-order valence-electron chi connectivity index (χ4n) is 2.51. The molecule has 3 aromatic carbocycles. The van der Waals surface area contributed by atoms with E-state index in [1.165, 1.54) is 18.3 Å². The van der Waals surface area contributed by atoms with Crippen molar-refractivity contribution in [2.24, 2.45) is 10.2 Å². The molecule has 0 bridgehead atoms. The number of rotatable bonds is 5. The Morgan fingerprint density at radius 2 is 1.39 bits per heavy atom. The van der Waals surface area contributed by atoms with Crippen molar-refractivity contribution in [1.29, 1.82) is 0 Å². The van der Waals surface area contributed by atoms with Gasteiger partial charge in [0.05, 0.1) is 11.8 Å². The van der Waals surface area contributed by atoms with Crippen molar-refractivity contribution < 1.29 is 18.0 Å². The molecule has 0 aliphatic heterocycles. The predicted molar refractivity (Wildman–Crippen MR) is 103 cm³/mol. The number of halogens is 3. The van der Waals surface area contributed by atoms with Crippen LogP contribution in [0.25, 0.3) is 0 Å². The molecule has 0 fully saturated rings. The Hall–Kier alpha value is -3.54. The summed E-state index contributed by atoms with van der Waals surface area (Å²) < 4.78 is 38.4. The van der Waals surface area contributed by atoms with Gasteiger partial charge in [-0.25, -0.2) is 0 Å². The Labute approximate surface area is 159 Å². The van der Waals surface area contributed by atoms with Gasteiger partial charge in [0.15, 0.2) is 0 Å². The number of ketones is 1. The van der Waals surface area contributed by atoms with Crippen LogP contribution in [-0.2, 0) is 6.18 Å². The van der Waals surface area contributed by atoms with Crippen LogP contribution in [0.1, 0.15) is 27.0 Å². The third-order valence-corrected chi connectivity index (χ3v) is 3.88. The summed E-state index contributed by atoms with van der Waals surface area (Å²) in [5, 5.41) is 7.88. The van der Waals surface area contributed by atoms with Gasteiger partial charge in [0, 0.05) is 11.1 Å². The zero-order chi connectivity index (χ0) is 20.0. The van der Waals surface area contributed by atoms with Gasteiger partial charge in [0.1, 0.15) is 5.71 Å². The van der Waals surface area contributed by atoms with Crippen molar-refractivity contribution >= 4 is 17.7 Å². The molecule has 0 aliphatic carbocycles. The zero-order valence-corrected chi connectivity index (χ0v) is 14.6. The Morgan fingerprint density at radius 3 is 2.00 bits per heavy atom. The lowest BCUT2D eigenvalue weighted by Gasteiger charge is -2.06. The number of Topliss-reactive ketones (excluding diaryl/α,β-unsaturated/α-hetero) is 1. The van der Waals surface area contributed by atoms with Crippen molar-refractivity contribution in [3.05, 3.63) is 107 Å². The van der Waals surface area contributed by atoms with E-state index in [1.807, 2.05) is 0 Å². The normalized spacial score (nSPS) is 12.3. The topological polar surface area (TPSA) is 41.8 Å². The molecular formula is C22H15F3N2O. The highest BCUT2D eigenvalue weighted by Gasteiger charge is 2.30. The standard InChI is InChI=1S/C22H15F3N2O/c23-22(24,25)19-13-7-8-16(14-19)15-26-27-20(17-9-3-1-4-10-17)21(28)18-11-5-2-6-12-18/h1-15H/b26-15-,27-20-. The number of carbonyl (C=O) groups is 1.